The lowest BCUT2D eigenvalue weighted by Gasteiger charge is -2.07. The number of aryl methyl sites for hydroxylation is 1. The number of carbonyl (C=O) groups is 1. The third-order valence-corrected chi connectivity index (χ3v) is 2.07. The maximum absolute atomic E-state index is 11.3. The maximum Gasteiger partial charge on any atom is 0.417 e. The van der Waals surface area contributed by atoms with Gasteiger partial charge in [-0.2, -0.15) is 0 Å². The molecule has 1 aliphatic rings. The third kappa shape index (κ3) is 1.46. The van der Waals surface area contributed by atoms with Crippen LogP contribution in [-0.2, 0) is 4.74 Å². The lowest BCUT2D eigenvalue weighted by atomic mass is 10.4. The molecular weight excluding hydrogens is 186 g/mol. The Labute approximate surface area is 80.9 Å². The number of amides is 1. The van der Waals surface area contributed by atoms with E-state index in [1.165, 1.54) is 4.90 Å². The fraction of sp³-hybridized carbons (Fsp3) is 0.444. The zero-order valence-electron chi connectivity index (χ0n) is 7.77. The summed E-state index contributed by atoms with van der Waals surface area (Å²) in [6.45, 7) is 1.97. The molecule has 1 N–H and O–H groups in total. The molecule has 0 spiro atoms. The van der Waals surface area contributed by atoms with E-state index in [9.17, 15) is 4.79 Å². The van der Waals surface area contributed by atoms with E-state index in [1.807, 2.05) is 0 Å². The molecule has 0 unspecified atom stereocenters. The molecule has 0 bridgehead atoms. The first kappa shape index (κ1) is 9.08. The van der Waals surface area contributed by atoms with Crippen molar-refractivity contribution in [3.05, 3.63) is 17.9 Å². The number of aliphatic hydroxyl groups excluding tert-OH is 1. The number of aliphatic hydroxyl groups is 1. The first-order chi connectivity index (χ1) is 6.70. The molecule has 5 nitrogen and oxygen atoms in total. The van der Waals surface area contributed by atoms with Crippen molar-refractivity contribution in [3.8, 4) is 0 Å². The highest BCUT2D eigenvalue weighted by Gasteiger charge is 2.33. The normalized spacial score (nSPS) is 21.4. The number of anilines is 1. The quantitative estimate of drug-likeness (QED) is 0.765. The summed E-state index contributed by atoms with van der Waals surface area (Å²) in [4.78, 5) is 12.7. The molecule has 1 saturated heterocycles. The molecule has 5 heteroatoms. The smallest absolute Gasteiger partial charge is 0.417 e. The zero-order chi connectivity index (χ0) is 10.1. The summed E-state index contributed by atoms with van der Waals surface area (Å²) >= 11 is 0. The molecule has 1 amide bonds. The molecule has 14 heavy (non-hydrogen) atoms. The maximum atomic E-state index is 11.3. The van der Waals surface area contributed by atoms with E-state index in [-0.39, 0.29) is 6.61 Å². The summed E-state index contributed by atoms with van der Waals surface area (Å²) < 4.78 is 10.1. The first-order valence-corrected chi connectivity index (χ1v) is 4.36. The number of hydrogen-bond acceptors (Lipinski definition) is 4. The van der Waals surface area contributed by atoms with Crippen LogP contribution < -0.4 is 4.90 Å². The van der Waals surface area contributed by atoms with E-state index in [2.05, 4.69) is 0 Å². The topological polar surface area (TPSA) is 62.9 Å². The SMILES string of the molecule is Cc1ccc(N2C[C@H](CO)OC2=O)o1. The van der Waals surface area contributed by atoms with Gasteiger partial charge in [-0.15, -0.1) is 0 Å². The molecule has 1 aliphatic heterocycles. The van der Waals surface area contributed by atoms with Gasteiger partial charge in [-0.05, 0) is 13.0 Å². The lowest BCUT2D eigenvalue weighted by molar-refractivity contribution is 0.0963. The minimum Gasteiger partial charge on any atom is -0.445 e. The van der Waals surface area contributed by atoms with Crippen LogP contribution in [0.3, 0.4) is 0 Å². The molecule has 2 rings (SSSR count). The molecule has 0 radical (unpaired) electrons. The van der Waals surface area contributed by atoms with E-state index < -0.39 is 12.2 Å². The largest absolute Gasteiger partial charge is 0.445 e. The van der Waals surface area contributed by atoms with Gasteiger partial charge >= 0.3 is 6.09 Å². The lowest BCUT2D eigenvalue weighted by Crippen LogP contribution is -2.24. The summed E-state index contributed by atoms with van der Waals surface area (Å²) in [7, 11) is 0. The van der Waals surface area contributed by atoms with Gasteiger partial charge < -0.3 is 14.3 Å². The van der Waals surface area contributed by atoms with E-state index in [4.69, 9.17) is 14.3 Å². The summed E-state index contributed by atoms with van der Waals surface area (Å²) in [5.41, 5.74) is 0. The van der Waals surface area contributed by atoms with Gasteiger partial charge in [-0.1, -0.05) is 0 Å². The van der Waals surface area contributed by atoms with Gasteiger partial charge in [0.25, 0.3) is 0 Å². The average molecular weight is 197 g/mol. The van der Waals surface area contributed by atoms with Crippen molar-refractivity contribution >= 4 is 12.0 Å². The van der Waals surface area contributed by atoms with E-state index in [1.54, 1.807) is 19.1 Å². The first-order valence-electron chi connectivity index (χ1n) is 4.36. The van der Waals surface area contributed by atoms with Crippen LogP contribution in [0.15, 0.2) is 16.5 Å². The number of nitrogens with zero attached hydrogens (tertiary/aromatic N) is 1. The Hall–Kier alpha value is -1.49. The number of rotatable bonds is 2. The fourth-order valence-electron chi connectivity index (χ4n) is 1.36. The molecule has 1 aromatic heterocycles. The second-order valence-corrected chi connectivity index (χ2v) is 3.18. The molecule has 0 saturated carbocycles. The van der Waals surface area contributed by atoms with E-state index in [0.717, 1.165) is 5.76 Å². The van der Waals surface area contributed by atoms with Crippen molar-refractivity contribution < 1.29 is 19.1 Å². The second kappa shape index (κ2) is 3.34. The van der Waals surface area contributed by atoms with Crippen molar-refractivity contribution in [3.63, 3.8) is 0 Å². The Balaban J connectivity index is 2.16. The Morgan fingerprint density at radius 2 is 2.43 bits per heavy atom. The zero-order valence-corrected chi connectivity index (χ0v) is 7.77. The minimum absolute atomic E-state index is 0.165. The number of furan rings is 1. The molecule has 1 aromatic rings. The van der Waals surface area contributed by atoms with Gasteiger partial charge in [0.05, 0.1) is 13.2 Å². The van der Waals surface area contributed by atoms with Crippen LogP contribution in [0.2, 0.25) is 0 Å². The van der Waals surface area contributed by atoms with Crippen LogP contribution >= 0.6 is 0 Å². The predicted molar refractivity (Wildman–Crippen MR) is 48.1 cm³/mol. The minimum atomic E-state index is -0.474. The average Bonchev–Trinajstić information content (AvgIpc) is 2.71. The molecule has 2 heterocycles. The van der Waals surface area contributed by atoms with Gasteiger partial charge in [0.1, 0.15) is 11.9 Å². The van der Waals surface area contributed by atoms with Crippen molar-refractivity contribution in [2.75, 3.05) is 18.1 Å². The number of carbonyl (C=O) groups excluding carboxylic acids is 1. The third-order valence-electron chi connectivity index (χ3n) is 2.07. The molecule has 0 aliphatic carbocycles. The molecular formula is C9H11NO4. The highest BCUT2D eigenvalue weighted by molar-refractivity contribution is 5.88. The molecule has 0 aromatic carbocycles. The number of cyclic esters (lactones) is 1. The van der Waals surface area contributed by atoms with Gasteiger partial charge in [0, 0.05) is 6.07 Å². The Morgan fingerprint density at radius 3 is 2.93 bits per heavy atom. The Morgan fingerprint density at radius 1 is 1.64 bits per heavy atom. The molecule has 1 fully saturated rings. The monoisotopic (exact) mass is 197 g/mol. The predicted octanol–water partition coefficient (Wildman–Crippen LogP) is 0.906. The number of hydrogen-bond donors (Lipinski definition) is 1. The highest BCUT2D eigenvalue weighted by atomic mass is 16.6. The standard InChI is InChI=1S/C9H11NO4/c1-6-2-3-8(13-6)10-4-7(5-11)14-9(10)12/h2-3,7,11H,4-5H2,1H3/t7-/m1/s1. The molecule has 1 atom stereocenters. The van der Waals surface area contributed by atoms with E-state index >= 15 is 0 Å². The summed E-state index contributed by atoms with van der Waals surface area (Å²) in [6.07, 6.45) is -0.925. The van der Waals surface area contributed by atoms with Gasteiger partial charge in [0.2, 0.25) is 5.88 Å². The van der Waals surface area contributed by atoms with Gasteiger partial charge in [0.15, 0.2) is 0 Å². The summed E-state index contributed by atoms with van der Waals surface area (Å²) in [6, 6.07) is 3.48. The Bertz CT molecular complexity index is 346. The van der Waals surface area contributed by atoms with Crippen molar-refractivity contribution in [1.82, 2.24) is 0 Å². The van der Waals surface area contributed by atoms with Crippen molar-refractivity contribution in [2.45, 2.75) is 13.0 Å². The van der Waals surface area contributed by atoms with Crippen LogP contribution in [0, 0.1) is 6.92 Å². The van der Waals surface area contributed by atoms with Crippen LogP contribution in [0.25, 0.3) is 0 Å². The summed E-state index contributed by atoms with van der Waals surface area (Å²) in [5, 5.41) is 8.82. The van der Waals surface area contributed by atoms with Gasteiger partial charge in [-0.25, -0.2) is 9.69 Å². The van der Waals surface area contributed by atoms with Crippen LogP contribution in [-0.4, -0.2) is 30.5 Å². The van der Waals surface area contributed by atoms with Crippen LogP contribution in [0.5, 0.6) is 0 Å². The second-order valence-electron chi connectivity index (χ2n) is 3.18. The fourth-order valence-corrected chi connectivity index (χ4v) is 1.36. The van der Waals surface area contributed by atoms with Gasteiger partial charge in [-0.3, -0.25) is 0 Å². The highest BCUT2D eigenvalue weighted by Crippen LogP contribution is 2.23. The van der Waals surface area contributed by atoms with Crippen LogP contribution in [0.4, 0.5) is 10.7 Å². The van der Waals surface area contributed by atoms with Crippen LogP contribution in [0.1, 0.15) is 5.76 Å². The molecule has 76 valence electrons. The van der Waals surface area contributed by atoms with Crippen molar-refractivity contribution in [2.24, 2.45) is 0 Å². The van der Waals surface area contributed by atoms with E-state index in [0.29, 0.717) is 12.4 Å². The number of ether oxygens (including phenoxy) is 1. The summed E-state index contributed by atoms with van der Waals surface area (Å²) in [5.74, 6) is 1.20. The Kier molecular flexibility index (Phi) is 2.17. The van der Waals surface area contributed by atoms with Crippen molar-refractivity contribution in [1.29, 1.82) is 0 Å².